The first-order chi connectivity index (χ1) is 19.0. The van der Waals surface area contributed by atoms with Crippen molar-refractivity contribution in [2.24, 2.45) is 0 Å². The molecule has 4 saturated heterocycles. The highest BCUT2D eigenvalue weighted by Gasteiger charge is 2.61. The number of carbonyl (C=O) groups is 4. The number of carbonyl (C=O) groups excluding carboxylic acids is 4. The topological polar surface area (TPSA) is 170 Å². The maximum absolute atomic E-state index is 12.0. The van der Waals surface area contributed by atoms with E-state index >= 15 is 0 Å². The Kier molecular flexibility index (Phi) is 9.28. The van der Waals surface area contributed by atoms with Crippen LogP contribution in [-0.2, 0) is 71.3 Å². The summed E-state index contributed by atoms with van der Waals surface area (Å²) < 4.78 is 63.6. The molecule has 15 heteroatoms. The van der Waals surface area contributed by atoms with Gasteiger partial charge in [-0.25, -0.2) is 0 Å². The van der Waals surface area contributed by atoms with Crippen LogP contribution in [0, 0.1) is 0 Å². The summed E-state index contributed by atoms with van der Waals surface area (Å²) in [5.41, 5.74) is 0. The summed E-state index contributed by atoms with van der Waals surface area (Å²) in [6.45, 7) is 11.1. The van der Waals surface area contributed by atoms with Crippen molar-refractivity contribution in [1.29, 1.82) is 0 Å². The van der Waals surface area contributed by atoms with Gasteiger partial charge in [0.2, 0.25) is 0 Å². The number of ether oxygens (including phenoxy) is 11. The van der Waals surface area contributed by atoms with Gasteiger partial charge in [-0.2, -0.15) is 0 Å². The molecule has 0 spiro atoms. The van der Waals surface area contributed by atoms with E-state index in [1.807, 2.05) is 0 Å². The molecule has 0 saturated carbocycles. The van der Waals surface area contributed by atoms with Crippen LogP contribution in [0.2, 0.25) is 0 Å². The van der Waals surface area contributed by atoms with Crippen molar-refractivity contribution in [1.82, 2.24) is 0 Å². The average Bonchev–Trinajstić information content (AvgIpc) is 3.43. The second kappa shape index (κ2) is 12.1. The van der Waals surface area contributed by atoms with E-state index in [9.17, 15) is 19.2 Å². The molecule has 41 heavy (non-hydrogen) atoms. The van der Waals surface area contributed by atoms with E-state index in [0.717, 1.165) is 20.8 Å². The highest BCUT2D eigenvalue weighted by atomic mass is 16.9. The van der Waals surface area contributed by atoms with Gasteiger partial charge in [-0.05, 0) is 27.7 Å². The van der Waals surface area contributed by atoms with Gasteiger partial charge in [-0.15, -0.1) is 0 Å². The van der Waals surface area contributed by atoms with E-state index < -0.39 is 103 Å². The Balaban J connectivity index is 1.56. The van der Waals surface area contributed by atoms with Crippen LogP contribution in [0.15, 0.2) is 0 Å². The molecule has 0 aliphatic carbocycles. The highest BCUT2D eigenvalue weighted by Crippen LogP contribution is 2.44. The molecule has 4 fully saturated rings. The minimum Gasteiger partial charge on any atom is -0.462 e. The Bertz CT molecular complexity index is 1010. The lowest BCUT2D eigenvalue weighted by Crippen LogP contribution is -2.56. The van der Waals surface area contributed by atoms with Crippen LogP contribution in [-0.4, -0.2) is 110 Å². The Morgan fingerprint density at radius 2 is 1.29 bits per heavy atom. The molecular weight excluding hydrogens is 552 g/mol. The Morgan fingerprint density at radius 1 is 0.707 bits per heavy atom. The monoisotopic (exact) mass is 590 g/mol. The fourth-order valence-electron chi connectivity index (χ4n) is 5.35. The summed E-state index contributed by atoms with van der Waals surface area (Å²) in [6.07, 6.45) is -9.51. The van der Waals surface area contributed by atoms with E-state index in [0.29, 0.717) is 0 Å². The third-order valence-electron chi connectivity index (χ3n) is 6.62. The lowest BCUT2D eigenvalue weighted by atomic mass is 9.99. The fraction of sp³-hybridized carbons (Fsp3) is 0.846. The third kappa shape index (κ3) is 7.52. The summed E-state index contributed by atoms with van der Waals surface area (Å²) in [4.78, 5) is 47.4. The lowest BCUT2D eigenvalue weighted by Gasteiger charge is -2.37. The van der Waals surface area contributed by atoms with E-state index in [4.69, 9.17) is 52.1 Å². The van der Waals surface area contributed by atoms with Crippen LogP contribution in [0.1, 0.15) is 55.4 Å². The van der Waals surface area contributed by atoms with Gasteiger partial charge in [0.15, 0.2) is 42.5 Å². The van der Waals surface area contributed by atoms with Gasteiger partial charge in [-0.1, -0.05) is 0 Å². The van der Waals surface area contributed by atoms with Crippen molar-refractivity contribution < 1.29 is 71.3 Å². The van der Waals surface area contributed by atoms with Crippen molar-refractivity contribution in [2.45, 2.75) is 128 Å². The largest absolute Gasteiger partial charge is 0.462 e. The zero-order valence-electron chi connectivity index (χ0n) is 24.3. The summed E-state index contributed by atoms with van der Waals surface area (Å²) in [6, 6.07) is 0. The molecule has 4 rings (SSSR count). The van der Waals surface area contributed by atoms with Crippen LogP contribution in [0.25, 0.3) is 0 Å². The van der Waals surface area contributed by atoms with Gasteiger partial charge in [0.25, 0.3) is 0 Å². The van der Waals surface area contributed by atoms with Crippen molar-refractivity contribution >= 4 is 23.9 Å². The van der Waals surface area contributed by atoms with Crippen molar-refractivity contribution in [3.63, 3.8) is 0 Å². The average molecular weight is 591 g/mol. The Labute approximate surface area is 237 Å². The first-order valence-electron chi connectivity index (χ1n) is 13.3. The molecule has 0 amide bonds. The number of rotatable bonds is 9. The summed E-state index contributed by atoms with van der Waals surface area (Å²) in [7, 11) is 0. The van der Waals surface area contributed by atoms with Crippen LogP contribution in [0.5, 0.6) is 0 Å². The second-order valence-electron chi connectivity index (χ2n) is 11.1. The Morgan fingerprint density at radius 3 is 1.90 bits per heavy atom. The van der Waals surface area contributed by atoms with E-state index in [1.165, 1.54) is 6.92 Å². The summed E-state index contributed by atoms with van der Waals surface area (Å²) >= 11 is 0. The molecule has 4 aliphatic rings. The molecule has 0 N–H and O–H groups in total. The summed E-state index contributed by atoms with van der Waals surface area (Å²) in [5, 5.41) is 0. The summed E-state index contributed by atoms with van der Waals surface area (Å²) in [5.74, 6) is -4.64. The predicted molar refractivity (Wildman–Crippen MR) is 130 cm³/mol. The smallest absolute Gasteiger partial charge is 0.303 e. The zero-order valence-corrected chi connectivity index (χ0v) is 24.3. The molecule has 0 aromatic heterocycles. The molecule has 0 bridgehead atoms. The molecular formula is C26H38O15. The van der Waals surface area contributed by atoms with Crippen LogP contribution in [0.4, 0.5) is 0 Å². The molecule has 0 aromatic carbocycles. The number of hydrogen-bond acceptors (Lipinski definition) is 15. The van der Waals surface area contributed by atoms with E-state index in [1.54, 1.807) is 27.7 Å². The molecule has 15 nitrogen and oxygen atoms in total. The SMILES string of the molecule is CC(=O)OC[C@@H](OC(C)=O)[C@H]1O[C@H](OC[C@H]2O[C@@H]3OC(C)(C)O[C@@H]3[C@H]3OC(C)(C)O[C@H]32)[C@@H](OC(C)=O)[C@H]1OC(C)=O. The molecule has 10 atom stereocenters. The highest BCUT2D eigenvalue weighted by molar-refractivity contribution is 5.68. The van der Waals surface area contributed by atoms with Crippen molar-refractivity contribution in [3.05, 3.63) is 0 Å². The second-order valence-corrected chi connectivity index (χ2v) is 11.1. The zero-order chi connectivity index (χ0) is 30.3. The van der Waals surface area contributed by atoms with Crippen molar-refractivity contribution in [3.8, 4) is 0 Å². The van der Waals surface area contributed by atoms with Gasteiger partial charge in [-0.3, -0.25) is 19.2 Å². The molecule has 0 unspecified atom stereocenters. The van der Waals surface area contributed by atoms with E-state index in [-0.39, 0.29) is 6.61 Å². The van der Waals surface area contributed by atoms with Crippen LogP contribution in [0.3, 0.4) is 0 Å². The predicted octanol–water partition coefficient (Wildman–Crippen LogP) is 0.483. The van der Waals surface area contributed by atoms with Gasteiger partial charge in [0.1, 0.15) is 37.1 Å². The van der Waals surface area contributed by atoms with E-state index in [2.05, 4.69) is 0 Å². The molecule has 4 heterocycles. The first-order valence-corrected chi connectivity index (χ1v) is 13.3. The number of hydrogen-bond donors (Lipinski definition) is 0. The Hall–Kier alpha value is -2.40. The lowest BCUT2D eigenvalue weighted by molar-refractivity contribution is -0.262. The standard InChI is InChI=1S/C26H38O15/c1-11(27)31-9-15(33-12(2)28)17-19(34-13(3)29)21(35-14(4)30)23(37-17)32-10-16-18-20(39-25(5,6)38-18)22-24(36-16)41-26(7,8)40-22/h15-24H,9-10H2,1-8H3/t15-,16-,17-,18+,19+,20+,21+,22-,23+,24-/m1/s1. The molecule has 0 aromatic rings. The van der Waals surface area contributed by atoms with Gasteiger partial charge in [0, 0.05) is 27.7 Å². The third-order valence-corrected chi connectivity index (χ3v) is 6.62. The van der Waals surface area contributed by atoms with Gasteiger partial charge < -0.3 is 52.1 Å². The maximum Gasteiger partial charge on any atom is 0.303 e. The quantitative estimate of drug-likeness (QED) is 0.268. The normalized spacial score (nSPS) is 37.4. The van der Waals surface area contributed by atoms with Crippen LogP contribution < -0.4 is 0 Å². The molecule has 0 radical (unpaired) electrons. The molecule has 4 aliphatic heterocycles. The first kappa shape index (κ1) is 31.5. The van der Waals surface area contributed by atoms with Crippen LogP contribution >= 0.6 is 0 Å². The minimum atomic E-state index is -1.31. The minimum absolute atomic E-state index is 0.155. The number of fused-ring (bicyclic) bond motifs is 3. The van der Waals surface area contributed by atoms with Gasteiger partial charge in [0.05, 0.1) is 6.61 Å². The maximum atomic E-state index is 12.0. The van der Waals surface area contributed by atoms with Gasteiger partial charge >= 0.3 is 23.9 Å². The molecule has 232 valence electrons. The van der Waals surface area contributed by atoms with Crippen molar-refractivity contribution in [2.75, 3.05) is 13.2 Å². The fourth-order valence-corrected chi connectivity index (χ4v) is 5.35. The number of esters is 4.